The molecule has 0 aliphatic heterocycles. The van der Waals surface area contributed by atoms with Crippen LogP contribution in [0.1, 0.15) is 57.1 Å². The van der Waals surface area contributed by atoms with Crippen LogP contribution in [0.15, 0.2) is 30.3 Å². The molecule has 1 aliphatic carbocycles. The van der Waals surface area contributed by atoms with Gasteiger partial charge >= 0.3 is 0 Å². The molecule has 0 spiro atoms. The third-order valence-corrected chi connectivity index (χ3v) is 4.58. The van der Waals surface area contributed by atoms with E-state index in [2.05, 4.69) is 12.2 Å². The lowest BCUT2D eigenvalue weighted by Gasteiger charge is -2.26. The van der Waals surface area contributed by atoms with Gasteiger partial charge in [-0.15, -0.1) is 0 Å². The van der Waals surface area contributed by atoms with Gasteiger partial charge < -0.3 is 10.4 Å². The maximum atomic E-state index is 10.1. The molecule has 112 valence electrons. The van der Waals surface area contributed by atoms with E-state index in [4.69, 9.17) is 0 Å². The van der Waals surface area contributed by atoms with Crippen LogP contribution in [0.5, 0.6) is 0 Å². The van der Waals surface area contributed by atoms with E-state index in [9.17, 15) is 5.11 Å². The summed E-state index contributed by atoms with van der Waals surface area (Å²) in [5.41, 5.74) is 1.04. The number of hydrogen-bond donors (Lipinski definition) is 2. The fourth-order valence-electron chi connectivity index (χ4n) is 3.10. The number of aliphatic hydroxyl groups is 1. The van der Waals surface area contributed by atoms with Crippen LogP contribution in [0.4, 0.5) is 0 Å². The zero-order valence-electron chi connectivity index (χ0n) is 12.7. The second-order valence-corrected chi connectivity index (χ2v) is 6.40. The quantitative estimate of drug-likeness (QED) is 0.739. The minimum Gasteiger partial charge on any atom is -0.388 e. The molecule has 1 unspecified atom stereocenters. The first kappa shape index (κ1) is 15.5. The molecular formula is C18H29NO. The van der Waals surface area contributed by atoms with Crippen LogP contribution in [0, 0.1) is 11.8 Å². The number of rotatable bonds is 7. The molecule has 0 bridgehead atoms. The van der Waals surface area contributed by atoms with Gasteiger partial charge in [0.25, 0.3) is 0 Å². The van der Waals surface area contributed by atoms with Crippen molar-refractivity contribution in [3.63, 3.8) is 0 Å². The highest BCUT2D eigenvalue weighted by atomic mass is 16.3. The predicted molar refractivity (Wildman–Crippen MR) is 84.6 cm³/mol. The molecule has 20 heavy (non-hydrogen) atoms. The van der Waals surface area contributed by atoms with Gasteiger partial charge in [-0.1, -0.05) is 50.1 Å². The molecule has 2 nitrogen and oxygen atoms in total. The monoisotopic (exact) mass is 275 g/mol. The van der Waals surface area contributed by atoms with Gasteiger partial charge in [-0.25, -0.2) is 0 Å². The Morgan fingerprint density at radius 1 is 1.15 bits per heavy atom. The van der Waals surface area contributed by atoms with Crippen LogP contribution in [-0.2, 0) is 0 Å². The maximum absolute atomic E-state index is 10.1. The number of benzene rings is 1. The summed E-state index contributed by atoms with van der Waals surface area (Å²) in [6.07, 6.45) is 7.16. The SMILES string of the molecule is CC1CCC(CNCCCC(O)c2ccccc2)CC1. The van der Waals surface area contributed by atoms with E-state index in [-0.39, 0.29) is 6.10 Å². The Morgan fingerprint density at radius 2 is 1.85 bits per heavy atom. The Labute approximate surface area is 123 Å². The molecule has 1 aromatic rings. The van der Waals surface area contributed by atoms with Crippen molar-refractivity contribution in [2.45, 2.75) is 51.6 Å². The summed E-state index contributed by atoms with van der Waals surface area (Å²) in [5.74, 6) is 1.82. The highest BCUT2D eigenvalue weighted by Crippen LogP contribution is 2.27. The molecule has 0 amide bonds. The summed E-state index contributed by atoms with van der Waals surface area (Å²) < 4.78 is 0. The zero-order valence-corrected chi connectivity index (χ0v) is 12.7. The summed E-state index contributed by atoms with van der Waals surface area (Å²) in [5, 5.41) is 13.6. The summed E-state index contributed by atoms with van der Waals surface area (Å²) in [6, 6.07) is 9.97. The van der Waals surface area contributed by atoms with E-state index < -0.39 is 0 Å². The topological polar surface area (TPSA) is 32.3 Å². The zero-order chi connectivity index (χ0) is 14.2. The first-order valence-electron chi connectivity index (χ1n) is 8.19. The van der Waals surface area contributed by atoms with Crippen LogP contribution in [0.2, 0.25) is 0 Å². The molecule has 1 aromatic carbocycles. The van der Waals surface area contributed by atoms with E-state index in [1.807, 2.05) is 30.3 Å². The largest absolute Gasteiger partial charge is 0.388 e. The van der Waals surface area contributed by atoms with E-state index in [1.54, 1.807) is 0 Å². The first-order chi connectivity index (χ1) is 9.75. The van der Waals surface area contributed by atoms with E-state index in [1.165, 1.54) is 25.7 Å². The lowest BCUT2D eigenvalue weighted by atomic mass is 9.83. The lowest BCUT2D eigenvalue weighted by Crippen LogP contribution is -2.27. The van der Waals surface area contributed by atoms with Gasteiger partial charge in [0.05, 0.1) is 6.10 Å². The molecule has 0 heterocycles. The lowest BCUT2D eigenvalue weighted by molar-refractivity contribution is 0.164. The molecule has 2 heteroatoms. The number of hydrogen-bond acceptors (Lipinski definition) is 2. The van der Waals surface area contributed by atoms with Crippen LogP contribution in [0.3, 0.4) is 0 Å². The fourth-order valence-corrected chi connectivity index (χ4v) is 3.10. The molecule has 1 fully saturated rings. The van der Waals surface area contributed by atoms with Gasteiger partial charge in [0.15, 0.2) is 0 Å². The van der Waals surface area contributed by atoms with Crippen LogP contribution >= 0.6 is 0 Å². The van der Waals surface area contributed by atoms with Crippen molar-refractivity contribution in [2.24, 2.45) is 11.8 Å². The summed E-state index contributed by atoms with van der Waals surface area (Å²) in [7, 11) is 0. The summed E-state index contributed by atoms with van der Waals surface area (Å²) in [4.78, 5) is 0. The Morgan fingerprint density at radius 3 is 2.55 bits per heavy atom. The average molecular weight is 275 g/mol. The third-order valence-electron chi connectivity index (χ3n) is 4.58. The van der Waals surface area contributed by atoms with Gasteiger partial charge in [0, 0.05) is 0 Å². The normalized spacial score (nSPS) is 24.5. The molecule has 0 aromatic heterocycles. The van der Waals surface area contributed by atoms with Crippen LogP contribution in [0.25, 0.3) is 0 Å². The number of aliphatic hydroxyl groups excluding tert-OH is 1. The molecule has 2 rings (SSSR count). The highest BCUT2D eigenvalue weighted by Gasteiger charge is 2.17. The second kappa shape index (κ2) is 8.43. The minimum atomic E-state index is -0.312. The maximum Gasteiger partial charge on any atom is 0.0790 e. The average Bonchev–Trinajstić information content (AvgIpc) is 2.49. The standard InChI is InChI=1S/C18H29NO/c1-15-9-11-16(12-10-15)14-19-13-5-8-18(20)17-6-3-2-4-7-17/h2-4,6-7,15-16,18-20H,5,8-14H2,1H3. The second-order valence-electron chi connectivity index (χ2n) is 6.40. The Bertz CT molecular complexity index is 357. The van der Waals surface area contributed by atoms with Gasteiger partial charge in [-0.05, 0) is 56.2 Å². The molecule has 2 N–H and O–H groups in total. The molecule has 1 atom stereocenters. The van der Waals surface area contributed by atoms with Crippen LogP contribution < -0.4 is 5.32 Å². The third kappa shape index (κ3) is 5.26. The van der Waals surface area contributed by atoms with Crippen molar-refractivity contribution in [2.75, 3.05) is 13.1 Å². The van der Waals surface area contributed by atoms with Crippen molar-refractivity contribution in [3.8, 4) is 0 Å². The molecule has 0 saturated heterocycles. The summed E-state index contributed by atoms with van der Waals surface area (Å²) in [6.45, 7) is 4.55. The molecule has 0 radical (unpaired) electrons. The molecule has 1 saturated carbocycles. The van der Waals surface area contributed by atoms with Crippen molar-refractivity contribution in [1.29, 1.82) is 0 Å². The Balaban J connectivity index is 1.53. The fraction of sp³-hybridized carbons (Fsp3) is 0.667. The predicted octanol–water partition coefficient (Wildman–Crippen LogP) is 3.92. The van der Waals surface area contributed by atoms with Gasteiger partial charge in [-0.2, -0.15) is 0 Å². The molecule has 1 aliphatic rings. The van der Waals surface area contributed by atoms with Crippen LogP contribution in [-0.4, -0.2) is 18.2 Å². The summed E-state index contributed by atoms with van der Waals surface area (Å²) >= 11 is 0. The Hall–Kier alpha value is -0.860. The van der Waals surface area contributed by atoms with Crippen molar-refractivity contribution >= 4 is 0 Å². The van der Waals surface area contributed by atoms with E-state index in [0.717, 1.165) is 43.3 Å². The van der Waals surface area contributed by atoms with Gasteiger partial charge in [0.2, 0.25) is 0 Å². The minimum absolute atomic E-state index is 0.312. The van der Waals surface area contributed by atoms with Crippen molar-refractivity contribution in [3.05, 3.63) is 35.9 Å². The Kier molecular flexibility index (Phi) is 6.55. The smallest absolute Gasteiger partial charge is 0.0790 e. The highest BCUT2D eigenvalue weighted by molar-refractivity contribution is 5.16. The number of nitrogens with one attached hydrogen (secondary N) is 1. The van der Waals surface area contributed by atoms with Gasteiger partial charge in [-0.3, -0.25) is 0 Å². The van der Waals surface area contributed by atoms with E-state index >= 15 is 0 Å². The van der Waals surface area contributed by atoms with E-state index in [0.29, 0.717) is 0 Å². The molecular weight excluding hydrogens is 246 g/mol. The van der Waals surface area contributed by atoms with Crippen molar-refractivity contribution in [1.82, 2.24) is 5.32 Å². The van der Waals surface area contributed by atoms with Gasteiger partial charge in [0.1, 0.15) is 0 Å². The van der Waals surface area contributed by atoms with Crippen molar-refractivity contribution < 1.29 is 5.11 Å². The first-order valence-corrected chi connectivity index (χ1v) is 8.19.